The van der Waals surface area contributed by atoms with Crippen LogP contribution in [0.5, 0.6) is 0 Å². The molecule has 0 aliphatic carbocycles. The number of nitrogens with zero attached hydrogens (tertiary/aromatic N) is 4. The molecule has 6 nitrogen and oxygen atoms in total. The van der Waals surface area contributed by atoms with Crippen molar-refractivity contribution in [3.63, 3.8) is 0 Å². The number of rotatable bonds is 4. The molecule has 1 aromatic carbocycles. The predicted molar refractivity (Wildman–Crippen MR) is 81.3 cm³/mol. The predicted octanol–water partition coefficient (Wildman–Crippen LogP) is 1.73. The Bertz CT molecular complexity index is 680. The van der Waals surface area contributed by atoms with Crippen LogP contribution in [0.1, 0.15) is 29.0 Å². The van der Waals surface area contributed by atoms with Gasteiger partial charge in [-0.3, -0.25) is 9.69 Å². The third kappa shape index (κ3) is 3.73. The van der Waals surface area contributed by atoms with Crippen LogP contribution in [0, 0.1) is 5.82 Å². The number of hydrogen-bond donors (Lipinski definition) is 0. The second kappa shape index (κ2) is 6.87. The minimum atomic E-state index is -0.391. The van der Waals surface area contributed by atoms with Crippen LogP contribution in [0.15, 0.2) is 28.8 Å². The number of carbonyl (C=O) groups is 1. The van der Waals surface area contributed by atoms with Crippen molar-refractivity contribution in [1.29, 1.82) is 0 Å². The van der Waals surface area contributed by atoms with Crippen molar-refractivity contribution in [1.82, 2.24) is 19.9 Å². The number of aromatic nitrogens is 2. The maximum Gasteiger partial charge on any atom is 0.254 e. The number of benzene rings is 1. The van der Waals surface area contributed by atoms with Crippen molar-refractivity contribution in [2.24, 2.45) is 0 Å². The van der Waals surface area contributed by atoms with Gasteiger partial charge in [0.1, 0.15) is 5.82 Å². The largest absolute Gasteiger partial charge is 0.338 e. The van der Waals surface area contributed by atoms with Gasteiger partial charge in [0.15, 0.2) is 5.82 Å². The molecule has 1 fully saturated rings. The average Bonchev–Trinajstić information content (AvgIpc) is 3.02. The van der Waals surface area contributed by atoms with Crippen molar-refractivity contribution in [2.75, 3.05) is 26.2 Å². The molecule has 0 N–H and O–H groups in total. The molecule has 1 aliphatic rings. The minimum absolute atomic E-state index is 0.129. The molecule has 2 aromatic rings. The molecule has 122 valence electrons. The number of carbonyl (C=O) groups excluding carboxylic acids is 1. The summed E-state index contributed by atoms with van der Waals surface area (Å²) in [5, 5.41) is 3.88. The zero-order valence-electron chi connectivity index (χ0n) is 13.0. The van der Waals surface area contributed by atoms with E-state index >= 15 is 0 Å². The molecule has 0 radical (unpaired) electrons. The Hall–Kier alpha value is -2.28. The smallest absolute Gasteiger partial charge is 0.254 e. The summed E-state index contributed by atoms with van der Waals surface area (Å²) in [5.74, 6) is 0.791. The van der Waals surface area contributed by atoms with Crippen LogP contribution in [-0.4, -0.2) is 52.0 Å². The lowest BCUT2D eigenvalue weighted by molar-refractivity contribution is 0.0614. The lowest BCUT2D eigenvalue weighted by Crippen LogP contribution is -2.48. The highest BCUT2D eigenvalue weighted by atomic mass is 19.1. The Kier molecular flexibility index (Phi) is 4.66. The van der Waals surface area contributed by atoms with Crippen LogP contribution in [0.2, 0.25) is 0 Å². The van der Waals surface area contributed by atoms with Gasteiger partial charge in [-0.15, -0.1) is 0 Å². The summed E-state index contributed by atoms with van der Waals surface area (Å²) in [6.07, 6.45) is 0.749. The summed E-state index contributed by atoms with van der Waals surface area (Å²) in [6.45, 7) is 5.23. The van der Waals surface area contributed by atoms with E-state index in [1.165, 1.54) is 12.1 Å². The fraction of sp³-hybridized carbons (Fsp3) is 0.438. The van der Waals surface area contributed by atoms with Gasteiger partial charge in [0, 0.05) is 38.2 Å². The molecule has 0 spiro atoms. The Labute approximate surface area is 133 Å². The first kappa shape index (κ1) is 15.6. The van der Waals surface area contributed by atoms with Crippen molar-refractivity contribution >= 4 is 5.91 Å². The number of aryl methyl sites for hydroxylation is 1. The Morgan fingerprint density at radius 3 is 2.74 bits per heavy atom. The second-order valence-corrected chi connectivity index (χ2v) is 5.54. The lowest BCUT2D eigenvalue weighted by Gasteiger charge is -2.34. The van der Waals surface area contributed by atoms with E-state index in [0.717, 1.165) is 19.5 Å². The first-order valence-corrected chi connectivity index (χ1v) is 7.74. The van der Waals surface area contributed by atoms with E-state index in [1.54, 1.807) is 17.0 Å². The minimum Gasteiger partial charge on any atom is -0.338 e. The van der Waals surface area contributed by atoms with Crippen LogP contribution in [0.25, 0.3) is 0 Å². The maximum absolute atomic E-state index is 13.2. The van der Waals surface area contributed by atoms with Gasteiger partial charge < -0.3 is 9.42 Å². The number of piperazine rings is 1. The molecular formula is C16H19FN4O2. The fourth-order valence-electron chi connectivity index (χ4n) is 2.60. The molecule has 1 amide bonds. The summed E-state index contributed by atoms with van der Waals surface area (Å²) in [4.78, 5) is 20.6. The molecule has 0 atom stereocenters. The summed E-state index contributed by atoms with van der Waals surface area (Å²) in [7, 11) is 0. The van der Waals surface area contributed by atoms with Crippen LogP contribution in [-0.2, 0) is 13.0 Å². The van der Waals surface area contributed by atoms with Crippen molar-refractivity contribution in [2.45, 2.75) is 19.9 Å². The van der Waals surface area contributed by atoms with Gasteiger partial charge >= 0.3 is 0 Å². The van der Waals surface area contributed by atoms with Crippen molar-refractivity contribution < 1.29 is 13.7 Å². The molecule has 2 heterocycles. The van der Waals surface area contributed by atoms with E-state index in [1.807, 2.05) is 6.92 Å². The molecule has 1 aliphatic heterocycles. The topological polar surface area (TPSA) is 62.5 Å². The molecule has 23 heavy (non-hydrogen) atoms. The highest BCUT2D eigenvalue weighted by Gasteiger charge is 2.23. The van der Waals surface area contributed by atoms with E-state index in [4.69, 9.17) is 4.52 Å². The average molecular weight is 318 g/mol. The lowest BCUT2D eigenvalue weighted by atomic mass is 10.1. The van der Waals surface area contributed by atoms with Gasteiger partial charge in [0.05, 0.1) is 6.54 Å². The molecule has 0 saturated carbocycles. The third-order valence-corrected chi connectivity index (χ3v) is 3.92. The van der Waals surface area contributed by atoms with Crippen LogP contribution < -0.4 is 0 Å². The van der Waals surface area contributed by atoms with E-state index in [9.17, 15) is 9.18 Å². The highest BCUT2D eigenvalue weighted by Crippen LogP contribution is 2.12. The number of amides is 1. The van der Waals surface area contributed by atoms with E-state index < -0.39 is 5.82 Å². The molecule has 0 unspecified atom stereocenters. The molecule has 1 saturated heterocycles. The summed E-state index contributed by atoms with van der Waals surface area (Å²) < 4.78 is 18.4. The molecule has 0 bridgehead atoms. The summed E-state index contributed by atoms with van der Waals surface area (Å²) >= 11 is 0. The van der Waals surface area contributed by atoms with E-state index in [0.29, 0.717) is 36.9 Å². The Morgan fingerprint density at radius 1 is 1.30 bits per heavy atom. The normalized spacial score (nSPS) is 15.8. The number of halogens is 1. The molecule has 1 aromatic heterocycles. The quantitative estimate of drug-likeness (QED) is 0.859. The number of hydrogen-bond acceptors (Lipinski definition) is 5. The molecule has 7 heteroatoms. The van der Waals surface area contributed by atoms with E-state index in [-0.39, 0.29) is 5.91 Å². The van der Waals surface area contributed by atoms with Crippen LogP contribution >= 0.6 is 0 Å². The summed E-state index contributed by atoms with van der Waals surface area (Å²) in [6, 6.07) is 5.81. The zero-order valence-corrected chi connectivity index (χ0v) is 13.0. The first-order chi connectivity index (χ1) is 11.2. The van der Waals surface area contributed by atoms with Crippen LogP contribution in [0.4, 0.5) is 4.39 Å². The van der Waals surface area contributed by atoms with Gasteiger partial charge in [0.2, 0.25) is 5.89 Å². The fourth-order valence-corrected chi connectivity index (χ4v) is 2.60. The third-order valence-electron chi connectivity index (χ3n) is 3.92. The van der Waals surface area contributed by atoms with Gasteiger partial charge in [-0.2, -0.15) is 4.98 Å². The second-order valence-electron chi connectivity index (χ2n) is 5.54. The van der Waals surface area contributed by atoms with Crippen molar-refractivity contribution in [3.05, 3.63) is 47.4 Å². The van der Waals surface area contributed by atoms with Gasteiger partial charge in [-0.1, -0.05) is 18.1 Å². The Balaban J connectivity index is 1.54. The molecular weight excluding hydrogens is 299 g/mol. The highest BCUT2D eigenvalue weighted by molar-refractivity contribution is 5.94. The Morgan fingerprint density at radius 2 is 2.09 bits per heavy atom. The van der Waals surface area contributed by atoms with E-state index in [2.05, 4.69) is 15.0 Å². The van der Waals surface area contributed by atoms with Gasteiger partial charge in [-0.05, 0) is 18.2 Å². The zero-order chi connectivity index (χ0) is 16.2. The van der Waals surface area contributed by atoms with Gasteiger partial charge in [-0.25, -0.2) is 4.39 Å². The molecule has 3 rings (SSSR count). The first-order valence-electron chi connectivity index (χ1n) is 7.74. The van der Waals surface area contributed by atoms with Crippen LogP contribution in [0.3, 0.4) is 0 Å². The van der Waals surface area contributed by atoms with Crippen molar-refractivity contribution in [3.8, 4) is 0 Å². The maximum atomic E-state index is 13.2. The standard InChI is InChI=1S/C16H19FN4O2/c1-2-14-18-15(23-19-14)11-20-6-8-21(9-7-20)16(22)12-4-3-5-13(17)10-12/h3-5,10H,2,6-9,11H2,1H3. The van der Waals surface area contributed by atoms with Gasteiger partial charge in [0.25, 0.3) is 5.91 Å². The monoisotopic (exact) mass is 318 g/mol. The summed E-state index contributed by atoms with van der Waals surface area (Å²) in [5.41, 5.74) is 0.392. The SMILES string of the molecule is CCc1noc(CN2CCN(C(=O)c3cccc(F)c3)CC2)n1.